The smallest absolute Gasteiger partial charge is 0.0341 e. The van der Waals surface area contributed by atoms with Gasteiger partial charge in [-0.1, -0.05) is 15.9 Å². The Hall–Kier alpha value is -0.540. The van der Waals surface area contributed by atoms with Crippen LogP contribution in [-0.2, 0) is 0 Å². The number of hydrogen-bond donors (Lipinski definition) is 1. The van der Waals surface area contributed by atoms with Crippen molar-refractivity contribution in [3.8, 4) is 0 Å². The van der Waals surface area contributed by atoms with Crippen LogP contribution in [0.3, 0.4) is 0 Å². The number of hydrogen-bond acceptors (Lipinski definition) is 2. The lowest BCUT2D eigenvalue weighted by molar-refractivity contribution is 0.0903. The van der Waals surface area contributed by atoms with Gasteiger partial charge in [0.05, 0.1) is 0 Å². The standard InChI is InChI=1S/C16H25BrN2/c1-16(2,3)19-10-8-13(9-11-19)12-18-15-6-4-14(17)5-7-15/h4-7,13,18H,8-12H2,1-3H3. The van der Waals surface area contributed by atoms with Crippen molar-refractivity contribution < 1.29 is 0 Å². The summed E-state index contributed by atoms with van der Waals surface area (Å²) in [6, 6.07) is 8.44. The predicted molar refractivity (Wildman–Crippen MR) is 86.7 cm³/mol. The van der Waals surface area contributed by atoms with Crippen LogP contribution < -0.4 is 5.32 Å². The maximum Gasteiger partial charge on any atom is 0.0341 e. The molecule has 0 unspecified atom stereocenters. The van der Waals surface area contributed by atoms with Crippen LogP contribution in [0.1, 0.15) is 33.6 Å². The second-order valence-electron chi connectivity index (χ2n) is 6.49. The zero-order valence-corrected chi connectivity index (χ0v) is 13.8. The minimum absolute atomic E-state index is 0.324. The van der Waals surface area contributed by atoms with Gasteiger partial charge in [-0.25, -0.2) is 0 Å². The molecular weight excluding hydrogens is 300 g/mol. The Labute approximate surface area is 125 Å². The van der Waals surface area contributed by atoms with Gasteiger partial charge in [-0.2, -0.15) is 0 Å². The van der Waals surface area contributed by atoms with E-state index in [2.05, 4.69) is 71.2 Å². The quantitative estimate of drug-likeness (QED) is 0.888. The summed E-state index contributed by atoms with van der Waals surface area (Å²) in [7, 11) is 0. The Morgan fingerprint density at radius 2 is 1.74 bits per heavy atom. The zero-order valence-electron chi connectivity index (χ0n) is 12.2. The van der Waals surface area contributed by atoms with Crippen LogP contribution in [0.15, 0.2) is 28.7 Å². The second kappa shape index (κ2) is 6.27. The first-order valence-corrected chi connectivity index (χ1v) is 7.99. The molecule has 0 amide bonds. The van der Waals surface area contributed by atoms with Gasteiger partial charge in [-0.15, -0.1) is 0 Å². The first-order valence-electron chi connectivity index (χ1n) is 7.19. The van der Waals surface area contributed by atoms with Crippen LogP contribution in [0, 0.1) is 5.92 Å². The van der Waals surface area contributed by atoms with E-state index in [1.54, 1.807) is 0 Å². The summed E-state index contributed by atoms with van der Waals surface area (Å²) < 4.78 is 1.14. The van der Waals surface area contributed by atoms with Crippen LogP contribution in [0.4, 0.5) is 5.69 Å². The first kappa shape index (κ1) is 14.9. The third-order valence-corrected chi connectivity index (χ3v) is 4.53. The fourth-order valence-electron chi connectivity index (χ4n) is 2.64. The summed E-state index contributed by atoms with van der Waals surface area (Å²) >= 11 is 3.46. The van der Waals surface area contributed by atoms with E-state index in [1.807, 2.05) is 0 Å². The maximum absolute atomic E-state index is 3.56. The van der Waals surface area contributed by atoms with Crippen molar-refractivity contribution in [2.45, 2.75) is 39.2 Å². The molecule has 0 aliphatic carbocycles. The maximum atomic E-state index is 3.56. The molecule has 1 N–H and O–H groups in total. The Balaban J connectivity index is 1.75. The Morgan fingerprint density at radius 1 is 1.16 bits per heavy atom. The molecule has 1 aliphatic rings. The summed E-state index contributed by atoms with van der Waals surface area (Å²) in [6.07, 6.45) is 2.61. The van der Waals surface area contributed by atoms with Crippen molar-refractivity contribution >= 4 is 21.6 Å². The Morgan fingerprint density at radius 3 is 2.26 bits per heavy atom. The molecule has 106 valence electrons. The van der Waals surface area contributed by atoms with Gasteiger partial charge < -0.3 is 5.32 Å². The number of likely N-dealkylation sites (tertiary alicyclic amines) is 1. The molecule has 1 aliphatic heterocycles. The second-order valence-corrected chi connectivity index (χ2v) is 7.40. The van der Waals surface area contributed by atoms with Crippen LogP contribution in [0.2, 0.25) is 0 Å². The highest BCUT2D eigenvalue weighted by Gasteiger charge is 2.26. The van der Waals surface area contributed by atoms with Crippen molar-refractivity contribution in [2.75, 3.05) is 25.0 Å². The monoisotopic (exact) mass is 324 g/mol. The van der Waals surface area contributed by atoms with Crippen molar-refractivity contribution in [3.05, 3.63) is 28.7 Å². The number of benzene rings is 1. The van der Waals surface area contributed by atoms with Gasteiger partial charge in [0.2, 0.25) is 0 Å². The van der Waals surface area contributed by atoms with E-state index in [0.717, 1.165) is 16.9 Å². The molecule has 0 saturated carbocycles. The lowest BCUT2D eigenvalue weighted by atomic mass is 9.93. The highest BCUT2D eigenvalue weighted by atomic mass is 79.9. The van der Waals surface area contributed by atoms with E-state index >= 15 is 0 Å². The molecule has 19 heavy (non-hydrogen) atoms. The van der Waals surface area contributed by atoms with Crippen LogP contribution in [0.5, 0.6) is 0 Å². The van der Waals surface area contributed by atoms with E-state index < -0.39 is 0 Å². The van der Waals surface area contributed by atoms with E-state index in [4.69, 9.17) is 0 Å². The summed E-state index contributed by atoms with van der Waals surface area (Å²) in [5.74, 6) is 0.808. The molecule has 0 atom stereocenters. The van der Waals surface area contributed by atoms with Crippen LogP contribution >= 0.6 is 15.9 Å². The molecule has 1 heterocycles. The van der Waals surface area contributed by atoms with E-state index in [1.165, 1.54) is 31.6 Å². The Kier molecular flexibility index (Phi) is 4.91. The molecule has 0 radical (unpaired) electrons. The normalized spacial score (nSPS) is 18.5. The van der Waals surface area contributed by atoms with Gasteiger partial charge in [-0.3, -0.25) is 4.90 Å². The molecule has 1 fully saturated rings. The van der Waals surface area contributed by atoms with E-state index in [-0.39, 0.29) is 0 Å². The first-order chi connectivity index (χ1) is 8.95. The number of nitrogens with one attached hydrogen (secondary N) is 1. The number of anilines is 1. The molecule has 1 aromatic carbocycles. The van der Waals surface area contributed by atoms with Crippen LogP contribution in [-0.4, -0.2) is 30.1 Å². The van der Waals surface area contributed by atoms with Gasteiger partial charge in [0, 0.05) is 22.2 Å². The fourth-order valence-corrected chi connectivity index (χ4v) is 2.90. The lowest BCUT2D eigenvalue weighted by Crippen LogP contribution is -2.46. The number of piperidine rings is 1. The zero-order chi connectivity index (χ0) is 13.9. The molecule has 2 rings (SSSR count). The lowest BCUT2D eigenvalue weighted by Gasteiger charge is -2.41. The minimum atomic E-state index is 0.324. The molecule has 0 aromatic heterocycles. The van der Waals surface area contributed by atoms with Gasteiger partial charge >= 0.3 is 0 Å². The molecule has 0 spiro atoms. The third-order valence-electron chi connectivity index (χ3n) is 4.00. The van der Waals surface area contributed by atoms with Crippen LogP contribution in [0.25, 0.3) is 0 Å². The highest BCUT2D eigenvalue weighted by Crippen LogP contribution is 2.24. The number of rotatable bonds is 3. The van der Waals surface area contributed by atoms with E-state index in [9.17, 15) is 0 Å². The molecule has 1 aromatic rings. The van der Waals surface area contributed by atoms with Gasteiger partial charge in [0.1, 0.15) is 0 Å². The number of halogens is 1. The SMILES string of the molecule is CC(C)(C)N1CCC(CNc2ccc(Br)cc2)CC1. The predicted octanol–water partition coefficient (Wildman–Crippen LogP) is 4.37. The van der Waals surface area contributed by atoms with E-state index in [0.29, 0.717) is 5.54 Å². The summed E-state index contributed by atoms with van der Waals surface area (Å²) in [5, 5.41) is 3.56. The van der Waals surface area contributed by atoms with Crippen molar-refractivity contribution in [2.24, 2.45) is 5.92 Å². The fraction of sp³-hybridized carbons (Fsp3) is 0.625. The minimum Gasteiger partial charge on any atom is -0.385 e. The Bertz CT molecular complexity index is 386. The largest absolute Gasteiger partial charge is 0.385 e. The average molecular weight is 325 g/mol. The summed E-state index contributed by atoms with van der Waals surface area (Å²) in [4.78, 5) is 2.60. The molecule has 2 nitrogen and oxygen atoms in total. The number of nitrogens with zero attached hydrogens (tertiary/aromatic N) is 1. The average Bonchev–Trinajstić information content (AvgIpc) is 2.37. The molecule has 3 heteroatoms. The van der Waals surface area contributed by atoms with Crippen molar-refractivity contribution in [1.82, 2.24) is 4.90 Å². The summed E-state index contributed by atoms with van der Waals surface area (Å²) in [5.41, 5.74) is 1.55. The molecular formula is C16H25BrN2. The van der Waals surface area contributed by atoms with Crippen molar-refractivity contribution in [1.29, 1.82) is 0 Å². The van der Waals surface area contributed by atoms with Gasteiger partial charge in [-0.05, 0) is 76.9 Å². The molecule has 1 saturated heterocycles. The molecule has 0 bridgehead atoms. The highest BCUT2D eigenvalue weighted by molar-refractivity contribution is 9.10. The topological polar surface area (TPSA) is 15.3 Å². The van der Waals surface area contributed by atoms with Gasteiger partial charge in [0.15, 0.2) is 0 Å². The van der Waals surface area contributed by atoms with Gasteiger partial charge in [0.25, 0.3) is 0 Å². The van der Waals surface area contributed by atoms with Crippen molar-refractivity contribution in [3.63, 3.8) is 0 Å². The summed E-state index contributed by atoms with van der Waals surface area (Å²) in [6.45, 7) is 10.5. The third kappa shape index (κ3) is 4.50.